The second-order valence-electron chi connectivity index (χ2n) is 4.30. The van der Waals surface area contributed by atoms with Gasteiger partial charge in [0.2, 0.25) is 0 Å². The van der Waals surface area contributed by atoms with Crippen LogP contribution in [0, 0.1) is 0 Å². The molecule has 1 aromatic rings. The van der Waals surface area contributed by atoms with Gasteiger partial charge < -0.3 is 16.4 Å². The van der Waals surface area contributed by atoms with Gasteiger partial charge in [0.15, 0.2) is 0 Å². The lowest BCUT2D eigenvalue weighted by Crippen LogP contribution is -2.24. The summed E-state index contributed by atoms with van der Waals surface area (Å²) >= 11 is 0. The summed E-state index contributed by atoms with van der Waals surface area (Å²) in [5, 5.41) is 6.09. The second kappa shape index (κ2) is 7.58. The quantitative estimate of drug-likeness (QED) is 0.514. The highest BCUT2D eigenvalue weighted by molar-refractivity contribution is 6.00. The number of anilines is 2. The van der Waals surface area contributed by atoms with Crippen molar-refractivity contribution in [2.45, 2.75) is 33.1 Å². The summed E-state index contributed by atoms with van der Waals surface area (Å²) in [6.45, 7) is 5.56. The highest BCUT2D eigenvalue weighted by Crippen LogP contribution is 2.19. The molecule has 0 unspecified atom stereocenters. The Hall–Kier alpha value is -1.71. The maximum Gasteiger partial charge on any atom is 0.253 e. The minimum Gasteiger partial charge on any atom is -0.399 e. The van der Waals surface area contributed by atoms with Crippen molar-refractivity contribution in [3.63, 3.8) is 0 Å². The average molecular weight is 249 g/mol. The molecule has 18 heavy (non-hydrogen) atoms. The number of amides is 1. The van der Waals surface area contributed by atoms with Crippen LogP contribution in [0.2, 0.25) is 0 Å². The molecule has 0 fully saturated rings. The van der Waals surface area contributed by atoms with Gasteiger partial charge in [-0.3, -0.25) is 4.79 Å². The van der Waals surface area contributed by atoms with Gasteiger partial charge in [0.1, 0.15) is 0 Å². The van der Waals surface area contributed by atoms with Crippen LogP contribution in [0.4, 0.5) is 11.4 Å². The van der Waals surface area contributed by atoms with Crippen molar-refractivity contribution in [3.05, 3.63) is 23.8 Å². The molecule has 0 saturated carbocycles. The second-order valence-corrected chi connectivity index (χ2v) is 4.30. The Morgan fingerprint density at radius 2 is 2.06 bits per heavy atom. The van der Waals surface area contributed by atoms with E-state index in [0.717, 1.165) is 18.7 Å². The number of nitrogens with one attached hydrogen (secondary N) is 2. The van der Waals surface area contributed by atoms with Gasteiger partial charge >= 0.3 is 0 Å². The Balaban J connectivity index is 2.73. The molecule has 0 radical (unpaired) electrons. The van der Waals surface area contributed by atoms with Crippen molar-refractivity contribution in [3.8, 4) is 0 Å². The predicted molar refractivity (Wildman–Crippen MR) is 76.9 cm³/mol. The molecule has 0 atom stereocenters. The fraction of sp³-hybridized carbons (Fsp3) is 0.500. The van der Waals surface area contributed by atoms with Crippen molar-refractivity contribution >= 4 is 17.3 Å². The first kappa shape index (κ1) is 14.4. The minimum atomic E-state index is -0.0597. The fourth-order valence-corrected chi connectivity index (χ4v) is 1.76. The highest BCUT2D eigenvalue weighted by Gasteiger charge is 2.10. The van der Waals surface area contributed by atoms with Crippen LogP contribution in [0.3, 0.4) is 0 Å². The van der Waals surface area contributed by atoms with Crippen molar-refractivity contribution < 1.29 is 4.79 Å². The van der Waals surface area contributed by atoms with Crippen LogP contribution in [-0.2, 0) is 0 Å². The van der Waals surface area contributed by atoms with E-state index in [1.54, 1.807) is 12.1 Å². The highest BCUT2D eigenvalue weighted by atomic mass is 16.1. The van der Waals surface area contributed by atoms with Crippen LogP contribution in [0.25, 0.3) is 0 Å². The summed E-state index contributed by atoms with van der Waals surface area (Å²) in [6.07, 6.45) is 3.47. The number of hydrogen-bond donors (Lipinski definition) is 3. The van der Waals surface area contributed by atoms with E-state index in [1.807, 2.05) is 13.0 Å². The molecule has 4 heteroatoms. The first-order valence-electron chi connectivity index (χ1n) is 6.60. The van der Waals surface area contributed by atoms with E-state index in [2.05, 4.69) is 17.6 Å². The molecule has 4 N–H and O–H groups in total. The van der Waals surface area contributed by atoms with E-state index in [-0.39, 0.29) is 5.91 Å². The lowest BCUT2D eigenvalue weighted by molar-refractivity contribution is 0.0956. The Morgan fingerprint density at radius 3 is 2.72 bits per heavy atom. The van der Waals surface area contributed by atoms with Crippen molar-refractivity contribution in [2.75, 3.05) is 24.1 Å². The molecule has 0 bridgehead atoms. The molecule has 0 aliphatic heterocycles. The zero-order valence-corrected chi connectivity index (χ0v) is 11.3. The van der Waals surface area contributed by atoms with E-state index < -0.39 is 0 Å². The first-order chi connectivity index (χ1) is 8.69. The van der Waals surface area contributed by atoms with E-state index in [1.165, 1.54) is 12.8 Å². The van der Waals surface area contributed by atoms with Crippen LogP contribution in [-0.4, -0.2) is 19.0 Å². The molecule has 0 spiro atoms. The first-order valence-corrected chi connectivity index (χ1v) is 6.60. The van der Waals surface area contributed by atoms with E-state index in [4.69, 9.17) is 5.73 Å². The number of carbonyl (C=O) groups is 1. The molecule has 0 heterocycles. The molecule has 4 nitrogen and oxygen atoms in total. The van der Waals surface area contributed by atoms with Crippen molar-refractivity contribution in [1.29, 1.82) is 0 Å². The van der Waals surface area contributed by atoms with E-state index in [0.29, 0.717) is 17.8 Å². The number of unbranched alkanes of at least 4 members (excludes halogenated alkanes) is 2. The Morgan fingerprint density at radius 1 is 1.28 bits per heavy atom. The van der Waals surface area contributed by atoms with Crippen molar-refractivity contribution in [2.24, 2.45) is 0 Å². The zero-order valence-electron chi connectivity index (χ0n) is 11.3. The summed E-state index contributed by atoms with van der Waals surface area (Å²) in [6, 6.07) is 5.33. The third kappa shape index (κ3) is 4.28. The number of rotatable bonds is 7. The van der Waals surface area contributed by atoms with Gasteiger partial charge in [0, 0.05) is 24.5 Å². The fourth-order valence-electron chi connectivity index (χ4n) is 1.76. The number of hydrogen-bond acceptors (Lipinski definition) is 3. The Bertz CT molecular complexity index is 391. The third-order valence-corrected chi connectivity index (χ3v) is 2.72. The molecular weight excluding hydrogens is 226 g/mol. The van der Waals surface area contributed by atoms with Crippen LogP contribution in [0.5, 0.6) is 0 Å². The summed E-state index contributed by atoms with van der Waals surface area (Å²) in [5.41, 5.74) is 7.90. The summed E-state index contributed by atoms with van der Waals surface area (Å²) in [7, 11) is 0. The largest absolute Gasteiger partial charge is 0.399 e. The maximum absolute atomic E-state index is 11.9. The van der Waals surface area contributed by atoms with E-state index >= 15 is 0 Å². The summed E-state index contributed by atoms with van der Waals surface area (Å²) in [5.74, 6) is -0.0597. The van der Waals surface area contributed by atoms with Crippen LogP contribution in [0.1, 0.15) is 43.5 Å². The molecule has 0 saturated heterocycles. The van der Waals surface area contributed by atoms with Gasteiger partial charge in [-0.2, -0.15) is 0 Å². The molecule has 100 valence electrons. The van der Waals surface area contributed by atoms with Gasteiger partial charge in [-0.05, 0) is 31.5 Å². The molecule has 0 aliphatic carbocycles. The minimum absolute atomic E-state index is 0.0597. The maximum atomic E-state index is 11.9. The van der Waals surface area contributed by atoms with Gasteiger partial charge in [-0.15, -0.1) is 0 Å². The van der Waals surface area contributed by atoms with Crippen LogP contribution in [0.15, 0.2) is 18.2 Å². The number of nitrogens with two attached hydrogens (primary N) is 1. The van der Waals surface area contributed by atoms with Crippen LogP contribution >= 0.6 is 0 Å². The third-order valence-electron chi connectivity index (χ3n) is 2.72. The molecule has 1 amide bonds. The van der Waals surface area contributed by atoms with Crippen molar-refractivity contribution in [1.82, 2.24) is 5.32 Å². The summed E-state index contributed by atoms with van der Waals surface area (Å²) in [4.78, 5) is 11.9. The zero-order chi connectivity index (χ0) is 13.4. The number of carbonyl (C=O) groups excluding carboxylic acids is 1. The number of nitrogen functional groups attached to an aromatic ring is 1. The number of benzene rings is 1. The Kier molecular flexibility index (Phi) is 6.05. The molecule has 0 aliphatic rings. The lowest BCUT2D eigenvalue weighted by Gasteiger charge is -2.12. The normalized spacial score (nSPS) is 10.1. The molecule has 0 aromatic heterocycles. The van der Waals surface area contributed by atoms with Gasteiger partial charge in [0.05, 0.1) is 5.56 Å². The smallest absolute Gasteiger partial charge is 0.253 e. The standard InChI is InChI=1S/C14H23N3O/c1-3-5-6-9-17-13-10-11(15)7-8-12(13)14(18)16-4-2/h7-8,10,17H,3-6,9,15H2,1-2H3,(H,16,18). The van der Waals surface area contributed by atoms with Gasteiger partial charge in [0.25, 0.3) is 5.91 Å². The molecule has 1 rings (SSSR count). The van der Waals surface area contributed by atoms with Crippen LogP contribution < -0.4 is 16.4 Å². The van der Waals surface area contributed by atoms with E-state index in [9.17, 15) is 4.79 Å². The lowest BCUT2D eigenvalue weighted by atomic mass is 10.1. The monoisotopic (exact) mass is 249 g/mol. The molecular formula is C14H23N3O. The topological polar surface area (TPSA) is 67.1 Å². The van der Waals surface area contributed by atoms with Gasteiger partial charge in [-0.1, -0.05) is 19.8 Å². The molecule has 1 aromatic carbocycles. The predicted octanol–water partition coefficient (Wildman–Crippen LogP) is 2.62. The summed E-state index contributed by atoms with van der Waals surface area (Å²) < 4.78 is 0. The Labute approximate surface area is 109 Å². The average Bonchev–Trinajstić information content (AvgIpc) is 2.35. The SMILES string of the molecule is CCCCCNc1cc(N)ccc1C(=O)NCC. The van der Waals surface area contributed by atoms with Gasteiger partial charge in [-0.25, -0.2) is 0 Å².